The van der Waals surface area contributed by atoms with Gasteiger partial charge in [-0.1, -0.05) is 6.92 Å². The minimum atomic E-state index is -0.247. The van der Waals surface area contributed by atoms with Gasteiger partial charge in [-0.25, -0.2) is 0 Å². The highest BCUT2D eigenvalue weighted by atomic mass is 16.5. The van der Waals surface area contributed by atoms with Crippen molar-refractivity contribution in [1.82, 2.24) is 4.90 Å². The van der Waals surface area contributed by atoms with Gasteiger partial charge in [-0.15, -0.1) is 0 Å². The van der Waals surface area contributed by atoms with E-state index in [1.165, 1.54) is 22.3 Å². The Bertz CT molecular complexity index is 694. The highest BCUT2D eigenvalue weighted by molar-refractivity contribution is 5.79. The number of rotatable bonds is 6. The summed E-state index contributed by atoms with van der Waals surface area (Å²) in [5.74, 6) is 1.57. The molecule has 0 saturated carbocycles. The normalized spacial score (nSPS) is 21.3. The van der Waals surface area contributed by atoms with E-state index >= 15 is 0 Å². The number of nitrogens with zero attached hydrogens (tertiary/aromatic N) is 1. The first kappa shape index (κ1) is 21.1. The molecule has 1 saturated heterocycles. The Labute approximate surface area is 169 Å². The number of aliphatic hydroxyl groups is 1. The molecule has 2 aliphatic rings. The molecule has 0 spiro atoms. The van der Waals surface area contributed by atoms with Gasteiger partial charge in [-0.2, -0.15) is 0 Å². The molecule has 1 amide bonds. The number of hydrogen-bond acceptors (Lipinski definition) is 4. The zero-order valence-corrected chi connectivity index (χ0v) is 17.8. The van der Waals surface area contributed by atoms with Crippen molar-refractivity contribution in [3.05, 3.63) is 28.3 Å². The molecule has 0 bridgehead atoms. The SMILES string of the molecule is COCCOc1cc(C)c2c(c1C)CC(C(C)C(=O)N1CCC(O)CC1)CC2. The molecule has 156 valence electrons. The second-order valence-corrected chi connectivity index (χ2v) is 8.46. The Morgan fingerprint density at radius 2 is 1.93 bits per heavy atom. The van der Waals surface area contributed by atoms with Gasteiger partial charge in [-0.3, -0.25) is 4.79 Å². The molecule has 1 aromatic rings. The van der Waals surface area contributed by atoms with Crippen LogP contribution in [0, 0.1) is 25.7 Å². The molecule has 1 aliphatic heterocycles. The fourth-order valence-corrected chi connectivity index (χ4v) is 4.71. The lowest BCUT2D eigenvalue weighted by Crippen LogP contribution is -2.44. The number of carbonyl (C=O) groups is 1. The molecule has 1 aromatic carbocycles. The Morgan fingerprint density at radius 1 is 1.21 bits per heavy atom. The summed E-state index contributed by atoms with van der Waals surface area (Å²) in [6.45, 7) is 8.89. The van der Waals surface area contributed by atoms with Gasteiger partial charge in [0.25, 0.3) is 0 Å². The lowest BCUT2D eigenvalue weighted by Gasteiger charge is -2.36. The van der Waals surface area contributed by atoms with E-state index in [2.05, 4.69) is 26.8 Å². The first-order valence-corrected chi connectivity index (χ1v) is 10.6. The lowest BCUT2D eigenvalue weighted by atomic mass is 9.74. The quantitative estimate of drug-likeness (QED) is 0.760. The van der Waals surface area contributed by atoms with Gasteiger partial charge in [-0.05, 0) is 80.2 Å². The van der Waals surface area contributed by atoms with Crippen molar-refractivity contribution in [1.29, 1.82) is 0 Å². The molecular weight excluding hydrogens is 354 g/mol. The fourth-order valence-electron chi connectivity index (χ4n) is 4.71. The molecule has 2 atom stereocenters. The smallest absolute Gasteiger partial charge is 0.225 e. The Hall–Kier alpha value is -1.59. The molecule has 2 unspecified atom stereocenters. The van der Waals surface area contributed by atoms with E-state index in [0.717, 1.165) is 25.0 Å². The third-order valence-corrected chi connectivity index (χ3v) is 6.66. The van der Waals surface area contributed by atoms with Crippen LogP contribution < -0.4 is 4.74 Å². The monoisotopic (exact) mass is 389 g/mol. The van der Waals surface area contributed by atoms with Gasteiger partial charge in [0.1, 0.15) is 12.4 Å². The largest absolute Gasteiger partial charge is 0.491 e. The highest BCUT2D eigenvalue weighted by Gasteiger charge is 2.33. The van der Waals surface area contributed by atoms with Gasteiger partial charge in [0, 0.05) is 26.1 Å². The average molecular weight is 390 g/mol. The molecule has 1 heterocycles. The number of hydrogen-bond donors (Lipinski definition) is 1. The molecule has 1 aliphatic carbocycles. The van der Waals surface area contributed by atoms with Crippen molar-refractivity contribution in [2.75, 3.05) is 33.4 Å². The predicted molar refractivity (Wildman–Crippen MR) is 110 cm³/mol. The predicted octanol–water partition coefficient (Wildman–Crippen LogP) is 3.05. The van der Waals surface area contributed by atoms with Crippen LogP contribution in [-0.2, 0) is 22.4 Å². The van der Waals surface area contributed by atoms with E-state index in [1.54, 1.807) is 7.11 Å². The van der Waals surface area contributed by atoms with E-state index in [0.29, 0.717) is 45.1 Å². The summed E-state index contributed by atoms with van der Waals surface area (Å²) < 4.78 is 11.1. The molecule has 3 rings (SSSR count). The number of benzene rings is 1. The van der Waals surface area contributed by atoms with Gasteiger partial charge >= 0.3 is 0 Å². The van der Waals surface area contributed by atoms with Gasteiger partial charge in [0.05, 0.1) is 12.7 Å². The standard InChI is InChI=1S/C23H35NO4/c1-15-13-22(28-12-11-27-4)17(3)21-14-18(5-6-20(15)21)16(2)23(26)24-9-7-19(25)8-10-24/h13,16,18-19,25H,5-12,14H2,1-4H3. The van der Waals surface area contributed by atoms with Crippen LogP contribution in [0.15, 0.2) is 6.07 Å². The Kier molecular flexibility index (Phi) is 7.00. The fraction of sp³-hybridized carbons (Fsp3) is 0.696. The zero-order valence-electron chi connectivity index (χ0n) is 17.8. The van der Waals surface area contributed by atoms with Crippen molar-refractivity contribution in [2.45, 2.75) is 59.0 Å². The summed E-state index contributed by atoms with van der Waals surface area (Å²) in [6, 6.07) is 2.15. The van der Waals surface area contributed by atoms with Gasteiger partial charge < -0.3 is 19.5 Å². The number of fused-ring (bicyclic) bond motifs is 1. The highest BCUT2D eigenvalue weighted by Crippen LogP contribution is 2.38. The van der Waals surface area contributed by atoms with Gasteiger partial charge in [0.2, 0.25) is 5.91 Å². The van der Waals surface area contributed by atoms with Crippen molar-refractivity contribution in [3.8, 4) is 5.75 Å². The molecule has 1 fully saturated rings. The number of aryl methyl sites for hydroxylation is 1. The van der Waals surface area contributed by atoms with Crippen LogP contribution >= 0.6 is 0 Å². The van der Waals surface area contributed by atoms with E-state index in [1.807, 2.05) is 4.90 Å². The first-order chi connectivity index (χ1) is 13.4. The van der Waals surface area contributed by atoms with Crippen LogP contribution in [0.4, 0.5) is 0 Å². The molecule has 5 heteroatoms. The summed E-state index contributed by atoms with van der Waals surface area (Å²) in [5, 5.41) is 9.71. The number of piperidine rings is 1. The van der Waals surface area contributed by atoms with Crippen LogP contribution in [0.2, 0.25) is 0 Å². The van der Waals surface area contributed by atoms with E-state index in [9.17, 15) is 9.90 Å². The third-order valence-electron chi connectivity index (χ3n) is 6.66. The maximum absolute atomic E-state index is 13.0. The van der Waals surface area contributed by atoms with Crippen LogP contribution in [0.3, 0.4) is 0 Å². The van der Waals surface area contributed by atoms with Crippen LogP contribution in [-0.4, -0.2) is 55.4 Å². The second kappa shape index (κ2) is 9.27. The minimum Gasteiger partial charge on any atom is -0.491 e. The summed E-state index contributed by atoms with van der Waals surface area (Å²) in [4.78, 5) is 15.0. The summed E-state index contributed by atoms with van der Waals surface area (Å²) in [6.07, 6.45) is 4.18. The second-order valence-electron chi connectivity index (χ2n) is 8.46. The topological polar surface area (TPSA) is 59.0 Å². The van der Waals surface area contributed by atoms with Crippen LogP contribution in [0.1, 0.15) is 48.4 Å². The van der Waals surface area contributed by atoms with Crippen molar-refractivity contribution in [3.63, 3.8) is 0 Å². The lowest BCUT2D eigenvalue weighted by molar-refractivity contribution is -0.138. The Balaban J connectivity index is 1.72. The van der Waals surface area contributed by atoms with Crippen molar-refractivity contribution < 1.29 is 19.4 Å². The number of ether oxygens (including phenoxy) is 2. The van der Waals surface area contributed by atoms with E-state index in [-0.39, 0.29) is 17.9 Å². The van der Waals surface area contributed by atoms with E-state index < -0.39 is 0 Å². The molecule has 28 heavy (non-hydrogen) atoms. The molecule has 0 radical (unpaired) electrons. The maximum atomic E-state index is 13.0. The molecule has 0 aromatic heterocycles. The van der Waals surface area contributed by atoms with Crippen molar-refractivity contribution >= 4 is 5.91 Å². The number of amides is 1. The third kappa shape index (κ3) is 4.52. The van der Waals surface area contributed by atoms with Crippen LogP contribution in [0.25, 0.3) is 0 Å². The molecule has 5 nitrogen and oxygen atoms in total. The summed E-state index contributed by atoms with van der Waals surface area (Å²) in [7, 11) is 1.68. The summed E-state index contributed by atoms with van der Waals surface area (Å²) in [5.41, 5.74) is 5.31. The number of aliphatic hydroxyl groups excluding tert-OH is 1. The van der Waals surface area contributed by atoms with Crippen LogP contribution in [0.5, 0.6) is 5.75 Å². The Morgan fingerprint density at radius 3 is 2.61 bits per heavy atom. The average Bonchev–Trinajstić information content (AvgIpc) is 2.71. The first-order valence-electron chi connectivity index (χ1n) is 10.6. The number of methoxy groups -OCH3 is 1. The van der Waals surface area contributed by atoms with Crippen molar-refractivity contribution in [2.24, 2.45) is 11.8 Å². The molecular formula is C23H35NO4. The number of carbonyl (C=O) groups excluding carboxylic acids is 1. The van der Waals surface area contributed by atoms with E-state index in [4.69, 9.17) is 9.47 Å². The maximum Gasteiger partial charge on any atom is 0.225 e. The minimum absolute atomic E-state index is 0.0150. The molecule has 1 N–H and O–H groups in total. The number of likely N-dealkylation sites (tertiary alicyclic amines) is 1. The van der Waals surface area contributed by atoms with Gasteiger partial charge in [0.15, 0.2) is 0 Å². The summed E-state index contributed by atoms with van der Waals surface area (Å²) >= 11 is 0. The zero-order chi connectivity index (χ0) is 20.3.